The van der Waals surface area contributed by atoms with Crippen LogP contribution in [0.3, 0.4) is 0 Å². The Labute approximate surface area is 220 Å². The van der Waals surface area contributed by atoms with Crippen LogP contribution in [0.15, 0.2) is 71.4 Å². The molecule has 0 amide bonds. The Morgan fingerprint density at radius 3 is 2.59 bits per heavy atom. The Bertz CT molecular complexity index is 1500. The average Bonchev–Trinajstić information content (AvgIpc) is 3.25. The summed E-state index contributed by atoms with van der Waals surface area (Å²) in [4.78, 5) is 25.6. The number of halogens is 3. The van der Waals surface area contributed by atoms with E-state index in [0.29, 0.717) is 23.9 Å². The number of carboxylic acid groups (broad SMARTS) is 1. The molecule has 1 aliphatic carbocycles. The van der Waals surface area contributed by atoms with Crippen molar-refractivity contribution in [2.24, 2.45) is 11.3 Å². The minimum Gasteiger partial charge on any atom is -0.485 e. The molecule has 1 saturated heterocycles. The molecule has 4 aromatic rings. The van der Waals surface area contributed by atoms with Crippen LogP contribution in [-0.4, -0.2) is 44.3 Å². The van der Waals surface area contributed by atoms with Crippen molar-refractivity contribution in [1.82, 2.24) is 20.1 Å². The SMILES string of the molecule is O=C(O)[C@H]1CN(c2nccc(C(F)(F)F)n2)C[C@@]12C[C@@H]2c1ccc(OCc2noc(-c3ccccc3)n2)cc1. The third-order valence-corrected chi connectivity index (χ3v) is 7.35. The van der Waals surface area contributed by atoms with E-state index >= 15 is 0 Å². The van der Waals surface area contributed by atoms with Crippen molar-refractivity contribution in [3.05, 3.63) is 83.9 Å². The molecule has 1 saturated carbocycles. The number of nitrogens with zero attached hydrogens (tertiary/aromatic N) is 5. The Balaban J connectivity index is 1.12. The van der Waals surface area contributed by atoms with Crippen molar-refractivity contribution >= 4 is 11.9 Å². The molecule has 2 fully saturated rings. The van der Waals surface area contributed by atoms with E-state index in [2.05, 4.69) is 20.1 Å². The van der Waals surface area contributed by atoms with Gasteiger partial charge in [0.2, 0.25) is 11.8 Å². The first-order valence-corrected chi connectivity index (χ1v) is 12.2. The summed E-state index contributed by atoms with van der Waals surface area (Å²) in [5.41, 5.74) is 0.0833. The van der Waals surface area contributed by atoms with Gasteiger partial charge in [-0.25, -0.2) is 9.97 Å². The molecule has 9 nitrogen and oxygen atoms in total. The summed E-state index contributed by atoms with van der Waals surface area (Å²) in [7, 11) is 0. The van der Waals surface area contributed by atoms with Gasteiger partial charge in [-0.05, 0) is 48.2 Å². The van der Waals surface area contributed by atoms with Crippen molar-refractivity contribution in [3.8, 4) is 17.2 Å². The van der Waals surface area contributed by atoms with E-state index in [0.717, 1.165) is 23.4 Å². The normalized spacial score (nSPS) is 22.3. The third kappa shape index (κ3) is 4.77. The maximum atomic E-state index is 13.1. The molecule has 0 bridgehead atoms. The molecule has 1 spiro atoms. The minimum atomic E-state index is -4.61. The van der Waals surface area contributed by atoms with Crippen molar-refractivity contribution in [3.63, 3.8) is 0 Å². The van der Waals surface area contributed by atoms with Gasteiger partial charge in [0.15, 0.2) is 6.61 Å². The van der Waals surface area contributed by atoms with Crippen LogP contribution in [0, 0.1) is 11.3 Å². The van der Waals surface area contributed by atoms with E-state index in [1.165, 1.54) is 0 Å². The second kappa shape index (κ2) is 9.37. The van der Waals surface area contributed by atoms with Gasteiger partial charge in [0.25, 0.3) is 5.89 Å². The first kappa shape index (κ1) is 24.8. The molecule has 3 atom stereocenters. The van der Waals surface area contributed by atoms with Gasteiger partial charge in [-0.1, -0.05) is 35.5 Å². The van der Waals surface area contributed by atoms with Gasteiger partial charge in [0.05, 0.1) is 5.92 Å². The van der Waals surface area contributed by atoms with Gasteiger partial charge in [-0.2, -0.15) is 18.2 Å². The van der Waals surface area contributed by atoms with Gasteiger partial charge in [-0.15, -0.1) is 0 Å². The molecule has 1 N–H and O–H groups in total. The third-order valence-electron chi connectivity index (χ3n) is 7.35. The predicted molar refractivity (Wildman–Crippen MR) is 131 cm³/mol. The predicted octanol–water partition coefficient (Wildman–Crippen LogP) is 4.82. The van der Waals surface area contributed by atoms with E-state index in [4.69, 9.17) is 9.26 Å². The summed E-state index contributed by atoms with van der Waals surface area (Å²) in [6.07, 6.45) is -2.96. The summed E-state index contributed by atoms with van der Waals surface area (Å²) >= 11 is 0. The van der Waals surface area contributed by atoms with Crippen LogP contribution in [0.25, 0.3) is 11.5 Å². The molecule has 2 aliphatic rings. The monoisotopic (exact) mass is 537 g/mol. The highest BCUT2D eigenvalue weighted by Gasteiger charge is 2.66. The molecule has 12 heteroatoms. The fourth-order valence-corrected chi connectivity index (χ4v) is 5.35. The first-order valence-electron chi connectivity index (χ1n) is 12.2. The lowest BCUT2D eigenvalue weighted by molar-refractivity contribution is -0.143. The van der Waals surface area contributed by atoms with Crippen LogP contribution >= 0.6 is 0 Å². The molecule has 6 rings (SSSR count). The first-order chi connectivity index (χ1) is 18.7. The molecule has 2 aromatic carbocycles. The van der Waals surface area contributed by atoms with Gasteiger partial charge >= 0.3 is 12.1 Å². The lowest BCUT2D eigenvalue weighted by Gasteiger charge is -2.17. The molecule has 1 aliphatic heterocycles. The zero-order valence-corrected chi connectivity index (χ0v) is 20.4. The number of anilines is 1. The molecule has 2 aromatic heterocycles. The Morgan fingerprint density at radius 2 is 1.87 bits per heavy atom. The number of carboxylic acids is 1. The summed E-state index contributed by atoms with van der Waals surface area (Å²) < 4.78 is 50.5. The number of rotatable bonds is 7. The smallest absolute Gasteiger partial charge is 0.433 e. The number of aliphatic carboxylic acids is 1. The molecular formula is C27H22F3N5O4. The quantitative estimate of drug-likeness (QED) is 0.354. The van der Waals surface area contributed by atoms with Gasteiger partial charge in [0, 0.05) is 30.3 Å². The number of benzene rings is 2. The highest BCUT2D eigenvalue weighted by atomic mass is 19.4. The maximum Gasteiger partial charge on any atom is 0.433 e. The number of ether oxygens (including phenoxy) is 1. The number of carbonyl (C=O) groups is 1. The molecule has 0 radical (unpaired) electrons. The summed E-state index contributed by atoms with van der Waals surface area (Å²) in [6, 6.07) is 17.5. The minimum absolute atomic E-state index is 0.0456. The van der Waals surface area contributed by atoms with E-state index in [-0.39, 0.29) is 31.6 Å². The fraction of sp³-hybridized carbons (Fsp3) is 0.296. The Hall–Kier alpha value is -4.48. The zero-order valence-electron chi connectivity index (χ0n) is 20.4. The highest BCUT2D eigenvalue weighted by Crippen LogP contribution is 2.66. The second-order valence-corrected chi connectivity index (χ2v) is 9.74. The largest absolute Gasteiger partial charge is 0.485 e. The van der Waals surface area contributed by atoms with Gasteiger partial charge in [-0.3, -0.25) is 4.79 Å². The number of hydrogen-bond donors (Lipinski definition) is 1. The lowest BCUT2D eigenvalue weighted by atomic mass is 9.88. The number of aromatic nitrogens is 4. The van der Waals surface area contributed by atoms with Crippen LogP contribution in [0.5, 0.6) is 5.75 Å². The van der Waals surface area contributed by atoms with Crippen molar-refractivity contribution in [1.29, 1.82) is 0 Å². The topological polar surface area (TPSA) is 114 Å². The number of hydrogen-bond acceptors (Lipinski definition) is 8. The second-order valence-electron chi connectivity index (χ2n) is 9.74. The van der Waals surface area contributed by atoms with Gasteiger partial charge < -0.3 is 19.3 Å². The van der Waals surface area contributed by atoms with Crippen LogP contribution in [0.1, 0.15) is 29.4 Å². The van der Waals surface area contributed by atoms with Crippen molar-refractivity contribution < 1.29 is 32.3 Å². The average molecular weight is 537 g/mol. The molecule has 39 heavy (non-hydrogen) atoms. The molecular weight excluding hydrogens is 515 g/mol. The van der Waals surface area contributed by atoms with Crippen LogP contribution in [0.4, 0.5) is 19.1 Å². The molecule has 3 heterocycles. The van der Waals surface area contributed by atoms with E-state index in [1.54, 1.807) is 17.0 Å². The van der Waals surface area contributed by atoms with Crippen molar-refractivity contribution in [2.75, 3.05) is 18.0 Å². The van der Waals surface area contributed by atoms with E-state index in [9.17, 15) is 23.1 Å². The summed E-state index contributed by atoms with van der Waals surface area (Å²) in [5.74, 6) is -0.535. The maximum absolute atomic E-state index is 13.1. The highest BCUT2D eigenvalue weighted by molar-refractivity contribution is 5.75. The van der Waals surface area contributed by atoms with Crippen LogP contribution in [0.2, 0.25) is 0 Å². The zero-order chi connectivity index (χ0) is 27.2. The molecule has 0 unspecified atom stereocenters. The van der Waals surface area contributed by atoms with E-state index < -0.39 is 29.2 Å². The molecule has 200 valence electrons. The van der Waals surface area contributed by atoms with Gasteiger partial charge in [0.1, 0.15) is 11.4 Å². The van der Waals surface area contributed by atoms with E-state index in [1.807, 2.05) is 42.5 Å². The fourth-order valence-electron chi connectivity index (χ4n) is 5.35. The standard InChI is InChI=1S/C27H22F3N5O4/c28-27(29,30)21-10-11-31-25(32-21)35-13-20(24(36)37)26(15-35)12-19(26)16-6-8-18(9-7-16)38-14-22-33-23(39-34-22)17-4-2-1-3-5-17/h1-11,19-20H,12-15H2,(H,36,37)/t19-,20-,26-/m1/s1. The van der Waals surface area contributed by atoms with Crippen LogP contribution < -0.4 is 9.64 Å². The Morgan fingerprint density at radius 1 is 1.10 bits per heavy atom. The summed E-state index contributed by atoms with van der Waals surface area (Å²) in [6.45, 7) is 0.413. The summed E-state index contributed by atoms with van der Waals surface area (Å²) in [5, 5.41) is 13.9. The van der Waals surface area contributed by atoms with Crippen LogP contribution in [-0.2, 0) is 17.6 Å². The lowest BCUT2D eigenvalue weighted by Crippen LogP contribution is -2.25. The number of alkyl halides is 3. The van der Waals surface area contributed by atoms with Crippen molar-refractivity contribution in [2.45, 2.75) is 25.1 Å². The Kier molecular flexibility index (Phi) is 5.96.